The van der Waals surface area contributed by atoms with Gasteiger partial charge in [0.15, 0.2) is 12.1 Å². The Balaban J connectivity index is 1.46. The van der Waals surface area contributed by atoms with Crippen LogP contribution in [0.25, 0.3) is 0 Å². The molecule has 12 heteroatoms. The number of benzene rings is 3. The summed E-state index contributed by atoms with van der Waals surface area (Å²) in [6.45, 7) is 1.17. The SMILES string of the molecule is CON(C(=O)C(OC=O)c1ccccc1)C1C(=O)N2C(C(=O)OC(c3ccccc3)c3ccccc3)=C(COC(C)=O)CS[C@@H]12. The van der Waals surface area contributed by atoms with Crippen LogP contribution in [0.5, 0.6) is 0 Å². The predicted octanol–water partition coefficient (Wildman–Crippen LogP) is 3.72. The van der Waals surface area contributed by atoms with Crippen LogP contribution in [0.15, 0.2) is 102 Å². The van der Waals surface area contributed by atoms with Gasteiger partial charge in [-0.1, -0.05) is 91.0 Å². The van der Waals surface area contributed by atoms with E-state index in [1.807, 2.05) is 60.7 Å². The molecule has 0 aromatic heterocycles. The van der Waals surface area contributed by atoms with Crippen molar-refractivity contribution in [1.82, 2.24) is 9.96 Å². The van der Waals surface area contributed by atoms with E-state index in [0.29, 0.717) is 22.3 Å². The number of fused-ring (bicyclic) bond motifs is 1. The zero-order valence-electron chi connectivity index (χ0n) is 24.4. The Kier molecular flexibility index (Phi) is 9.95. The highest BCUT2D eigenvalue weighted by molar-refractivity contribution is 8.00. The second kappa shape index (κ2) is 14.2. The summed E-state index contributed by atoms with van der Waals surface area (Å²) < 4.78 is 16.4. The fraction of sp³-hybridized carbons (Fsp3) is 0.242. The largest absolute Gasteiger partial charge is 0.461 e. The quantitative estimate of drug-likeness (QED) is 0.0960. The smallest absolute Gasteiger partial charge is 0.356 e. The minimum atomic E-state index is -1.36. The summed E-state index contributed by atoms with van der Waals surface area (Å²) in [5, 5.41) is 0.124. The van der Waals surface area contributed by atoms with Gasteiger partial charge in [0.05, 0.1) is 7.11 Å². The van der Waals surface area contributed by atoms with E-state index in [-0.39, 0.29) is 24.5 Å². The van der Waals surface area contributed by atoms with Crippen LogP contribution >= 0.6 is 11.8 Å². The summed E-state index contributed by atoms with van der Waals surface area (Å²) in [6.07, 6.45) is -2.16. The van der Waals surface area contributed by atoms with Crippen molar-refractivity contribution in [3.05, 3.63) is 119 Å². The molecule has 2 aliphatic rings. The molecular weight excluding hydrogens is 600 g/mol. The predicted molar refractivity (Wildman–Crippen MR) is 162 cm³/mol. The molecule has 0 spiro atoms. The van der Waals surface area contributed by atoms with Crippen LogP contribution in [0.4, 0.5) is 0 Å². The first-order valence-corrected chi connectivity index (χ1v) is 15.0. The zero-order valence-corrected chi connectivity index (χ0v) is 25.3. The highest BCUT2D eigenvalue weighted by Crippen LogP contribution is 2.44. The normalized spacial score (nSPS) is 17.9. The topological polar surface area (TPSA) is 129 Å². The molecule has 1 saturated heterocycles. The lowest BCUT2D eigenvalue weighted by Crippen LogP contribution is -2.71. The third-order valence-corrected chi connectivity index (χ3v) is 8.60. The van der Waals surface area contributed by atoms with Gasteiger partial charge in [0.2, 0.25) is 6.10 Å². The van der Waals surface area contributed by atoms with Crippen molar-refractivity contribution in [3.8, 4) is 0 Å². The third kappa shape index (κ3) is 6.61. The van der Waals surface area contributed by atoms with Gasteiger partial charge < -0.3 is 14.2 Å². The zero-order chi connectivity index (χ0) is 31.9. The van der Waals surface area contributed by atoms with Crippen LogP contribution in [0.3, 0.4) is 0 Å². The van der Waals surface area contributed by atoms with Crippen LogP contribution in [0.1, 0.15) is 35.8 Å². The van der Waals surface area contributed by atoms with Crippen molar-refractivity contribution in [2.24, 2.45) is 0 Å². The lowest BCUT2D eigenvalue weighted by molar-refractivity contribution is -0.216. The maximum absolute atomic E-state index is 14.0. The van der Waals surface area contributed by atoms with E-state index in [2.05, 4.69) is 0 Å². The Morgan fingerprint density at radius 3 is 2.00 bits per heavy atom. The van der Waals surface area contributed by atoms with Crippen molar-refractivity contribution in [2.45, 2.75) is 30.5 Å². The molecule has 11 nitrogen and oxygen atoms in total. The van der Waals surface area contributed by atoms with Crippen LogP contribution in [0, 0.1) is 0 Å². The number of esters is 2. The van der Waals surface area contributed by atoms with Crippen LogP contribution in [-0.2, 0) is 43.0 Å². The van der Waals surface area contributed by atoms with Gasteiger partial charge in [-0.25, -0.2) is 9.86 Å². The summed E-state index contributed by atoms with van der Waals surface area (Å²) >= 11 is 1.26. The Morgan fingerprint density at radius 2 is 1.49 bits per heavy atom. The van der Waals surface area contributed by atoms with Crippen molar-refractivity contribution >= 4 is 42.0 Å². The van der Waals surface area contributed by atoms with E-state index in [9.17, 15) is 24.0 Å². The van der Waals surface area contributed by atoms with E-state index in [0.717, 1.165) is 5.06 Å². The molecule has 0 radical (unpaired) electrons. The van der Waals surface area contributed by atoms with Gasteiger partial charge >= 0.3 is 11.9 Å². The minimum Gasteiger partial charge on any atom is -0.461 e. The number of carbonyl (C=O) groups excluding carboxylic acids is 5. The van der Waals surface area contributed by atoms with Gasteiger partial charge in [0.1, 0.15) is 17.7 Å². The Morgan fingerprint density at radius 1 is 0.933 bits per heavy atom. The monoisotopic (exact) mass is 630 g/mol. The molecule has 3 atom stereocenters. The minimum absolute atomic E-state index is 0.0645. The van der Waals surface area contributed by atoms with E-state index in [1.165, 1.54) is 30.7 Å². The average molecular weight is 631 g/mol. The fourth-order valence-corrected chi connectivity index (χ4v) is 6.56. The second-order valence-corrected chi connectivity index (χ2v) is 11.2. The standard InChI is InChI=1S/C33H30N2O9S/c1-21(37)42-18-25-19-45-32-27(35(41-2)31(39)29(43-20-36)24-16-10-5-11-17-24)30(38)34(32)26(25)33(40)44-28(22-12-6-3-7-13-22)23-14-8-4-9-15-23/h3-17,20,27-29,32H,18-19H2,1-2H3/t27?,29?,32-/m0/s1. The van der Waals surface area contributed by atoms with Gasteiger partial charge in [-0.2, -0.15) is 0 Å². The molecule has 232 valence electrons. The molecule has 2 heterocycles. The molecule has 0 saturated carbocycles. The fourth-order valence-electron chi connectivity index (χ4n) is 5.20. The number of hydrogen-bond acceptors (Lipinski definition) is 10. The molecule has 3 aromatic rings. The average Bonchev–Trinajstić information content (AvgIpc) is 3.07. The highest BCUT2D eigenvalue weighted by Gasteiger charge is 2.58. The summed E-state index contributed by atoms with van der Waals surface area (Å²) in [5.74, 6) is -2.55. The van der Waals surface area contributed by atoms with Crippen molar-refractivity contribution < 1.29 is 43.0 Å². The molecule has 0 N–H and O–H groups in total. The van der Waals surface area contributed by atoms with Crippen LogP contribution < -0.4 is 0 Å². The van der Waals surface area contributed by atoms with E-state index < -0.39 is 47.4 Å². The molecule has 1 fully saturated rings. The van der Waals surface area contributed by atoms with E-state index >= 15 is 0 Å². The first-order valence-electron chi connectivity index (χ1n) is 14.0. The molecule has 2 amide bonds. The van der Waals surface area contributed by atoms with Gasteiger partial charge in [-0.05, 0) is 11.1 Å². The van der Waals surface area contributed by atoms with Gasteiger partial charge in [0.25, 0.3) is 18.3 Å². The summed E-state index contributed by atoms with van der Waals surface area (Å²) in [6, 6.07) is 25.5. The molecule has 0 aliphatic carbocycles. The summed E-state index contributed by atoms with van der Waals surface area (Å²) in [4.78, 5) is 71.1. The number of hydrogen-bond donors (Lipinski definition) is 0. The maximum Gasteiger partial charge on any atom is 0.356 e. The first kappa shape index (κ1) is 31.5. The summed E-state index contributed by atoms with van der Waals surface area (Å²) in [7, 11) is 1.23. The number of thioether (sulfide) groups is 1. The lowest BCUT2D eigenvalue weighted by atomic mass is 10.00. The molecule has 2 unspecified atom stereocenters. The number of ether oxygens (including phenoxy) is 3. The van der Waals surface area contributed by atoms with Gasteiger partial charge in [-0.15, -0.1) is 11.8 Å². The van der Waals surface area contributed by atoms with Crippen molar-refractivity contribution in [3.63, 3.8) is 0 Å². The van der Waals surface area contributed by atoms with E-state index in [4.69, 9.17) is 19.0 Å². The third-order valence-electron chi connectivity index (χ3n) is 7.28. The number of β-lactam (4-membered cyclic amide) rings is 1. The number of carbonyl (C=O) groups is 5. The molecule has 2 aliphatic heterocycles. The number of rotatable bonds is 12. The molecule has 45 heavy (non-hydrogen) atoms. The van der Waals surface area contributed by atoms with Crippen molar-refractivity contribution in [2.75, 3.05) is 19.5 Å². The number of hydroxylamine groups is 2. The molecule has 0 bridgehead atoms. The van der Waals surface area contributed by atoms with E-state index in [1.54, 1.807) is 30.3 Å². The second-order valence-electron chi connectivity index (χ2n) is 10.1. The maximum atomic E-state index is 14.0. The summed E-state index contributed by atoms with van der Waals surface area (Å²) in [5.41, 5.74) is 2.13. The number of nitrogens with zero attached hydrogens (tertiary/aromatic N) is 2. The lowest BCUT2D eigenvalue weighted by Gasteiger charge is -2.52. The Bertz CT molecular complexity index is 1540. The van der Waals surface area contributed by atoms with Gasteiger partial charge in [0, 0.05) is 23.8 Å². The van der Waals surface area contributed by atoms with Crippen molar-refractivity contribution in [1.29, 1.82) is 0 Å². The Hall–Kier alpha value is -4.94. The highest BCUT2D eigenvalue weighted by atomic mass is 32.2. The first-order chi connectivity index (χ1) is 21.8. The number of amides is 2. The molecule has 3 aromatic carbocycles. The van der Waals surface area contributed by atoms with Crippen LogP contribution in [0.2, 0.25) is 0 Å². The van der Waals surface area contributed by atoms with Gasteiger partial charge in [-0.3, -0.25) is 28.9 Å². The van der Waals surface area contributed by atoms with Crippen LogP contribution in [-0.4, -0.2) is 71.1 Å². The molecule has 5 rings (SSSR count). The Labute approximate surface area is 263 Å². The molecular formula is C33H30N2O9S.